The maximum atomic E-state index is 12.4. The number of pyridine rings is 2. The van der Waals surface area contributed by atoms with Gasteiger partial charge in [0.2, 0.25) is 0 Å². The number of ether oxygens (including phenoxy) is 2. The number of carbonyl (C=O) groups is 2. The zero-order valence-corrected chi connectivity index (χ0v) is 14.5. The lowest BCUT2D eigenvalue weighted by molar-refractivity contribution is 0.0841. The van der Waals surface area contributed by atoms with Crippen LogP contribution in [0.4, 0.5) is 0 Å². The van der Waals surface area contributed by atoms with Gasteiger partial charge in [-0.1, -0.05) is 6.07 Å². The number of aromatic nitrogens is 2. The highest BCUT2D eigenvalue weighted by Crippen LogP contribution is 2.32. The number of amides is 1. The van der Waals surface area contributed by atoms with E-state index < -0.39 is 11.7 Å². The number of H-pyrrole nitrogens is 1. The van der Waals surface area contributed by atoms with Gasteiger partial charge in [-0.2, -0.15) is 0 Å². The third-order valence-corrected chi connectivity index (χ3v) is 3.98. The summed E-state index contributed by atoms with van der Waals surface area (Å²) < 4.78 is 10.7. The van der Waals surface area contributed by atoms with Crippen LogP contribution in [0, 0.1) is 6.92 Å². The van der Waals surface area contributed by atoms with E-state index in [1.807, 2.05) is 0 Å². The molecule has 2 aromatic rings. The van der Waals surface area contributed by atoms with Gasteiger partial charge in [-0.25, -0.2) is 4.98 Å². The van der Waals surface area contributed by atoms with Gasteiger partial charge in [0.15, 0.2) is 5.78 Å². The van der Waals surface area contributed by atoms with E-state index in [0.29, 0.717) is 24.5 Å². The summed E-state index contributed by atoms with van der Waals surface area (Å²) >= 11 is 0. The summed E-state index contributed by atoms with van der Waals surface area (Å²) in [5.41, 5.74) is 0.855. The fourth-order valence-electron chi connectivity index (χ4n) is 2.76. The van der Waals surface area contributed by atoms with E-state index in [0.717, 1.165) is 0 Å². The van der Waals surface area contributed by atoms with E-state index in [-0.39, 0.29) is 35.1 Å². The first-order valence-corrected chi connectivity index (χ1v) is 8.17. The van der Waals surface area contributed by atoms with Crippen molar-refractivity contribution in [3.63, 3.8) is 0 Å². The molecule has 1 aliphatic heterocycles. The minimum Gasteiger partial charge on any atom is -0.483 e. The summed E-state index contributed by atoms with van der Waals surface area (Å²) in [5, 5.41) is 2.69. The highest BCUT2D eigenvalue weighted by atomic mass is 16.5. The lowest BCUT2D eigenvalue weighted by Crippen LogP contribution is -2.30. The molecule has 2 N–H and O–H groups in total. The van der Waals surface area contributed by atoms with E-state index in [4.69, 9.17) is 9.47 Å². The zero-order chi connectivity index (χ0) is 18.7. The van der Waals surface area contributed by atoms with E-state index in [2.05, 4.69) is 15.3 Å². The van der Waals surface area contributed by atoms with Crippen molar-refractivity contribution in [2.24, 2.45) is 0 Å². The molecule has 0 aromatic carbocycles. The SMILES string of the molecule is COCCNC(=O)c1cccc(C2CC(=O)c3c(cc(C)[nH]c3=O)O2)n1. The number of aryl methyl sites for hydroxylation is 1. The van der Waals surface area contributed by atoms with Gasteiger partial charge >= 0.3 is 0 Å². The monoisotopic (exact) mass is 357 g/mol. The molecule has 26 heavy (non-hydrogen) atoms. The highest BCUT2D eigenvalue weighted by molar-refractivity contribution is 5.99. The number of ketones is 1. The third-order valence-electron chi connectivity index (χ3n) is 3.98. The van der Waals surface area contributed by atoms with Gasteiger partial charge in [0.05, 0.1) is 18.7 Å². The second-order valence-electron chi connectivity index (χ2n) is 5.95. The Hall–Kier alpha value is -3.00. The number of hydrogen-bond donors (Lipinski definition) is 2. The molecule has 1 atom stereocenters. The van der Waals surface area contributed by atoms with Crippen molar-refractivity contribution in [3.05, 3.63) is 57.3 Å². The molecule has 0 spiro atoms. The van der Waals surface area contributed by atoms with Crippen molar-refractivity contribution < 1.29 is 19.1 Å². The van der Waals surface area contributed by atoms with Crippen LogP contribution < -0.4 is 15.6 Å². The van der Waals surface area contributed by atoms with E-state index in [1.54, 1.807) is 38.3 Å². The fraction of sp³-hybridized carbons (Fsp3) is 0.333. The third kappa shape index (κ3) is 3.65. The van der Waals surface area contributed by atoms with Gasteiger partial charge in [0, 0.05) is 25.4 Å². The first-order valence-electron chi connectivity index (χ1n) is 8.17. The van der Waals surface area contributed by atoms with Crippen molar-refractivity contribution in [3.8, 4) is 5.75 Å². The van der Waals surface area contributed by atoms with Crippen molar-refractivity contribution >= 4 is 11.7 Å². The number of Topliss-reactive ketones (excluding diaryl/α,β-unsaturated/α-hetero) is 1. The summed E-state index contributed by atoms with van der Waals surface area (Å²) in [6.45, 7) is 2.48. The van der Waals surface area contributed by atoms with Gasteiger partial charge in [0.25, 0.3) is 11.5 Å². The Balaban J connectivity index is 1.84. The normalized spacial score (nSPS) is 15.9. The molecule has 3 heterocycles. The standard InChI is InChI=1S/C18H19N3O5/c1-10-8-15-16(18(24)20-10)13(22)9-14(26-15)11-4-3-5-12(21-11)17(23)19-6-7-25-2/h3-5,8,14H,6-7,9H2,1-2H3,(H,19,23)(H,20,24). The quantitative estimate of drug-likeness (QED) is 0.777. The number of aromatic amines is 1. The van der Waals surface area contributed by atoms with Crippen LogP contribution >= 0.6 is 0 Å². The molecular weight excluding hydrogens is 338 g/mol. The highest BCUT2D eigenvalue weighted by Gasteiger charge is 2.31. The minimum absolute atomic E-state index is 0.0130. The number of carbonyl (C=O) groups excluding carboxylic acids is 2. The van der Waals surface area contributed by atoms with Crippen molar-refractivity contribution in [1.29, 1.82) is 0 Å². The molecule has 1 amide bonds. The molecule has 2 aromatic heterocycles. The van der Waals surface area contributed by atoms with Gasteiger partial charge in [-0.3, -0.25) is 14.4 Å². The van der Waals surface area contributed by atoms with Crippen LogP contribution in [0.3, 0.4) is 0 Å². The zero-order valence-electron chi connectivity index (χ0n) is 14.5. The largest absolute Gasteiger partial charge is 0.483 e. The van der Waals surface area contributed by atoms with Gasteiger partial charge in [-0.05, 0) is 19.1 Å². The van der Waals surface area contributed by atoms with E-state index in [9.17, 15) is 14.4 Å². The molecule has 8 nitrogen and oxygen atoms in total. The number of fused-ring (bicyclic) bond motifs is 1. The van der Waals surface area contributed by atoms with E-state index >= 15 is 0 Å². The summed E-state index contributed by atoms with van der Waals surface area (Å²) in [6, 6.07) is 6.57. The average Bonchev–Trinajstić information content (AvgIpc) is 2.61. The van der Waals surface area contributed by atoms with Crippen LogP contribution in [0.25, 0.3) is 0 Å². The van der Waals surface area contributed by atoms with Gasteiger partial charge < -0.3 is 19.8 Å². The second kappa shape index (κ2) is 7.49. The van der Waals surface area contributed by atoms with Crippen LogP contribution in [-0.2, 0) is 4.74 Å². The number of methoxy groups -OCH3 is 1. The summed E-state index contributed by atoms with van der Waals surface area (Å²) in [7, 11) is 1.55. The Morgan fingerprint density at radius 2 is 2.23 bits per heavy atom. The first kappa shape index (κ1) is 17.8. The molecular formula is C18H19N3O5. The summed E-state index contributed by atoms with van der Waals surface area (Å²) in [5.74, 6) is -0.405. The van der Waals surface area contributed by atoms with Crippen LogP contribution in [0.2, 0.25) is 0 Å². The van der Waals surface area contributed by atoms with Crippen LogP contribution in [0.5, 0.6) is 5.75 Å². The fourth-order valence-corrected chi connectivity index (χ4v) is 2.76. The summed E-state index contributed by atoms with van der Waals surface area (Å²) in [6.07, 6.45) is -0.663. The van der Waals surface area contributed by atoms with Crippen molar-refractivity contribution in [1.82, 2.24) is 15.3 Å². The smallest absolute Gasteiger partial charge is 0.269 e. The van der Waals surface area contributed by atoms with Crippen LogP contribution in [-0.4, -0.2) is 41.9 Å². The predicted molar refractivity (Wildman–Crippen MR) is 92.6 cm³/mol. The maximum absolute atomic E-state index is 12.4. The Kier molecular flexibility index (Phi) is 5.13. The Morgan fingerprint density at radius 3 is 3.00 bits per heavy atom. The lowest BCUT2D eigenvalue weighted by Gasteiger charge is -2.24. The average molecular weight is 357 g/mol. The molecule has 0 aliphatic carbocycles. The van der Waals surface area contributed by atoms with Crippen molar-refractivity contribution in [2.75, 3.05) is 20.3 Å². The lowest BCUT2D eigenvalue weighted by atomic mass is 9.99. The number of hydrogen-bond acceptors (Lipinski definition) is 6. The molecule has 1 unspecified atom stereocenters. The summed E-state index contributed by atoms with van der Waals surface area (Å²) in [4.78, 5) is 43.4. The topological polar surface area (TPSA) is 110 Å². The van der Waals surface area contributed by atoms with Gasteiger partial charge in [-0.15, -0.1) is 0 Å². The molecule has 8 heteroatoms. The molecule has 136 valence electrons. The predicted octanol–water partition coefficient (Wildman–Crippen LogP) is 1.16. The van der Waals surface area contributed by atoms with Crippen molar-refractivity contribution in [2.45, 2.75) is 19.4 Å². The molecule has 3 rings (SSSR count). The molecule has 0 saturated carbocycles. The molecule has 1 aliphatic rings. The number of nitrogens with zero attached hydrogens (tertiary/aromatic N) is 1. The minimum atomic E-state index is -0.650. The Bertz CT molecular complexity index is 906. The maximum Gasteiger partial charge on any atom is 0.269 e. The second-order valence-corrected chi connectivity index (χ2v) is 5.95. The number of rotatable bonds is 5. The van der Waals surface area contributed by atoms with Crippen LogP contribution in [0.1, 0.15) is 44.8 Å². The van der Waals surface area contributed by atoms with E-state index in [1.165, 1.54) is 0 Å². The first-order chi connectivity index (χ1) is 12.5. The van der Waals surface area contributed by atoms with Gasteiger partial charge in [0.1, 0.15) is 23.1 Å². The Labute approximate surface area is 149 Å². The molecule has 0 bridgehead atoms. The molecule has 0 fully saturated rings. The Morgan fingerprint density at radius 1 is 1.42 bits per heavy atom. The molecule has 0 radical (unpaired) electrons. The number of nitrogens with one attached hydrogen (secondary N) is 2. The molecule has 0 saturated heterocycles. The van der Waals surface area contributed by atoms with Crippen LogP contribution in [0.15, 0.2) is 29.1 Å².